The van der Waals surface area contributed by atoms with Crippen LogP contribution in [0.15, 0.2) is 0 Å². The molecule has 0 aliphatic carbocycles. The minimum absolute atomic E-state index is 0.144. The second-order valence-electron chi connectivity index (χ2n) is 4.60. The van der Waals surface area contributed by atoms with Crippen molar-refractivity contribution in [3.05, 3.63) is 11.3 Å². The first kappa shape index (κ1) is 11.9. The second-order valence-corrected chi connectivity index (χ2v) is 4.60. The summed E-state index contributed by atoms with van der Waals surface area (Å²) in [5.74, 6) is 0.119. The monoisotopic (exact) mass is 237 g/mol. The predicted octanol–water partition coefficient (Wildman–Crippen LogP) is 0.124. The normalized spacial score (nSPS) is 20.7. The van der Waals surface area contributed by atoms with Gasteiger partial charge in [0.2, 0.25) is 0 Å². The van der Waals surface area contributed by atoms with Gasteiger partial charge in [0.1, 0.15) is 5.56 Å². The number of likely N-dealkylation sites (tertiary alicyclic amines) is 1. The van der Waals surface area contributed by atoms with Gasteiger partial charge in [0, 0.05) is 18.3 Å². The third-order valence-electron chi connectivity index (χ3n) is 3.37. The molecule has 1 saturated heterocycles. The Morgan fingerprint density at radius 3 is 3.00 bits per heavy atom. The SMILES string of the molecule is Cc1[nH]nc(N)c1C(=O)NCC1CCCN1C. The zero-order valence-electron chi connectivity index (χ0n) is 10.3. The standard InChI is InChI=1S/C11H19N5O/c1-7-9(10(12)15-14-7)11(17)13-6-8-4-3-5-16(8)2/h8H,3-6H2,1-2H3,(H,13,17)(H3,12,14,15). The first-order valence-electron chi connectivity index (χ1n) is 5.88. The molecule has 4 N–H and O–H groups in total. The number of aromatic amines is 1. The van der Waals surface area contributed by atoms with Crippen molar-refractivity contribution in [2.45, 2.75) is 25.8 Å². The molecule has 2 heterocycles. The molecule has 94 valence electrons. The molecule has 0 radical (unpaired) electrons. The van der Waals surface area contributed by atoms with Crippen LogP contribution in [0.2, 0.25) is 0 Å². The summed E-state index contributed by atoms with van der Waals surface area (Å²) in [6.07, 6.45) is 2.33. The Balaban J connectivity index is 1.94. The van der Waals surface area contributed by atoms with Crippen LogP contribution in [-0.2, 0) is 0 Å². The van der Waals surface area contributed by atoms with E-state index < -0.39 is 0 Å². The first-order chi connectivity index (χ1) is 8.09. The number of nitrogens with zero attached hydrogens (tertiary/aromatic N) is 2. The summed E-state index contributed by atoms with van der Waals surface area (Å²) in [5.41, 5.74) is 6.81. The van der Waals surface area contributed by atoms with Crippen molar-refractivity contribution < 1.29 is 4.79 Å². The van der Waals surface area contributed by atoms with Crippen LogP contribution in [-0.4, -0.2) is 47.2 Å². The largest absolute Gasteiger partial charge is 0.382 e. The van der Waals surface area contributed by atoms with Crippen molar-refractivity contribution in [2.24, 2.45) is 0 Å². The van der Waals surface area contributed by atoms with E-state index in [1.165, 1.54) is 6.42 Å². The number of nitrogens with two attached hydrogens (primary N) is 1. The predicted molar refractivity (Wildman–Crippen MR) is 65.7 cm³/mol. The number of aryl methyl sites for hydroxylation is 1. The van der Waals surface area contributed by atoms with Crippen molar-refractivity contribution in [3.63, 3.8) is 0 Å². The summed E-state index contributed by atoms with van der Waals surface area (Å²) < 4.78 is 0. The van der Waals surface area contributed by atoms with Crippen LogP contribution >= 0.6 is 0 Å². The maximum absolute atomic E-state index is 11.9. The maximum Gasteiger partial charge on any atom is 0.256 e. The molecule has 1 atom stereocenters. The number of H-pyrrole nitrogens is 1. The average molecular weight is 237 g/mol. The van der Waals surface area contributed by atoms with Gasteiger partial charge in [-0.05, 0) is 33.4 Å². The number of amides is 1. The number of likely N-dealkylation sites (N-methyl/N-ethyl adjacent to an activating group) is 1. The highest BCUT2D eigenvalue weighted by atomic mass is 16.1. The highest BCUT2D eigenvalue weighted by Crippen LogP contribution is 2.15. The number of hydrogen-bond donors (Lipinski definition) is 3. The minimum atomic E-state index is -0.144. The van der Waals surface area contributed by atoms with E-state index in [0.717, 1.165) is 13.0 Å². The Hall–Kier alpha value is -1.56. The molecule has 0 saturated carbocycles. The first-order valence-corrected chi connectivity index (χ1v) is 5.88. The fourth-order valence-electron chi connectivity index (χ4n) is 2.27. The summed E-state index contributed by atoms with van der Waals surface area (Å²) in [5, 5.41) is 9.44. The Morgan fingerprint density at radius 1 is 1.71 bits per heavy atom. The Labute approximate surface area is 101 Å². The summed E-state index contributed by atoms with van der Waals surface area (Å²) >= 11 is 0. The van der Waals surface area contributed by atoms with Crippen molar-refractivity contribution in [1.29, 1.82) is 0 Å². The van der Waals surface area contributed by atoms with Crippen LogP contribution in [0.1, 0.15) is 28.9 Å². The van der Waals surface area contributed by atoms with Gasteiger partial charge < -0.3 is 16.0 Å². The number of carbonyl (C=O) groups is 1. The van der Waals surface area contributed by atoms with Gasteiger partial charge in [0.15, 0.2) is 5.82 Å². The van der Waals surface area contributed by atoms with E-state index in [4.69, 9.17) is 5.73 Å². The molecule has 1 amide bonds. The van der Waals surface area contributed by atoms with Crippen molar-refractivity contribution in [1.82, 2.24) is 20.4 Å². The number of hydrogen-bond acceptors (Lipinski definition) is 4. The Bertz CT molecular complexity index is 394. The molecular formula is C11H19N5O. The molecule has 2 rings (SSSR count). The molecule has 1 aromatic rings. The number of carbonyl (C=O) groups excluding carboxylic acids is 1. The molecule has 1 fully saturated rings. The Kier molecular flexibility index (Phi) is 3.33. The number of aromatic nitrogens is 2. The van der Waals surface area contributed by atoms with E-state index in [2.05, 4.69) is 27.5 Å². The highest BCUT2D eigenvalue weighted by Gasteiger charge is 2.22. The summed E-state index contributed by atoms with van der Waals surface area (Å²) in [6.45, 7) is 3.56. The highest BCUT2D eigenvalue weighted by molar-refractivity contribution is 5.99. The quantitative estimate of drug-likeness (QED) is 0.697. The van der Waals surface area contributed by atoms with Crippen LogP contribution in [0.4, 0.5) is 5.82 Å². The number of anilines is 1. The van der Waals surface area contributed by atoms with Crippen LogP contribution in [0, 0.1) is 6.92 Å². The summed E-state index contributed by atoms with van der Waals surface area (Å²) in [7, 11) is 2.08. The van der Waals surface area contributed by atoms with Gasteiger partial charge in [-0.25, -0.2) is 0 Å². The average Bonchev–Trinajstić information content (AvgIpc) is 2.83. The van der Waals surface area contributed by atoms with E-state index in [1.807, 2.05) is 0 Å². The van der Waals surface area contributed by atoms with Crippen LogP contribution in [0.3, 0.4) is 0 Å². The lowest BCUT2D eigenvalue weighted by molar-refractivity contribution is 0.0944. The molecule has 0 bridgehead atoms. The van der Waals surface area contributed by atoms with Gasteiger partial charge in [0.05, 0.1) is 0 Å². The fraction of sp³-hybridized carbons (Fsp3) is 0.636. The number of nitrogens with one attached hydrogen (secondary N) is 2. The lowest BCUT2D eigenvalue weighted by Crippen LogP contribution is -2.38. The van der Waals surface area contributed by atoms with Crippen LogP contribution < -0.4 is 11.1 Å². The molecule has 17 heavy (non-hydrogen) atoms. The third kappa shape index (κ3) is 2.41. The lowest BCUT2D eigenvalue weighted by Gasteiger charge is -2.19. The topological polar surface area (TPSA) is 87.0 Å². The smallest absolute Gasteiger partial charge is 0.256 e. The third-order valence-corrected chi connectivity index (χ3v) is 3.37. The van der Waals surface area contributed by atoms with Gasteiger partial charge in [-0.15, -0.1) is 0 Å². The zero-order chi connectivity index (χ0) is 12.4. The fourth-order valence-corrected chi connectivity index (χ4v) is 2.27. The molecular weight excluding hydrogens is 218 g/mol. The van der Waals surface area contributed by atoms with Crippen molar-refractivity contribution >= 4 is 11.7 Å². The van der Waals surface area contributed by atoms with Crippen LogP contribution in [0.5, 0.6) is 0 Å². The van der Waals surface area contributed by atoms with E-state index in [0.29, 0.717) is 23.8 Å². The molecule has 1 aliphatic heterocycles. The number of nitrogen functional groups attached to an aromatic ring is 1. The van der Waals surface area contributed by atoms with Crippen molar-refractivity contribution in [2.75, 3.05) is 25.9 Å². The minimum Gasteiger partial charge on any atom is -0.382 e. The summed E-state index contributed by atoms with van der Waals surface area (Å²) in [6, 6.07) is 0.437. The molecule has 1 aliphatic rings. The van der Waals surface area contributed by atoms with E-state index >= 15 is 0 Å². The molecule has 0 aromatic carbocycles. The molecule has 6 heteroatoms. The van der Waals surface area contributed by atoms with E-state index in [-0.39, 0.29) is 11.7 Å². The molecule has 1 unspecified atom stereocenters. The van der Waals surface area contributed by atoms with Gasteiger partial charge in [-0.3, -0.25) is 9.89 Å². The summed E-state index contributed by atoms with van der Waals surface area (Å²) in [4.78, 5) is 14.2. The molecule has 0 spiro atoms. The van der Waals surface area contributed by atoms with Gasteiger partial charge in [-0.1, -0.05) is 0 Å². The van der Waals surface area contributed by atoms with E-state index in [1.54, 1.807) is 6.92 Å². The molecule has 1 aromatic heterocycles. The zero-order valence-corrected chi connectivity index (χ0v) is 10.3. The van der Waals surface area contributed by atoms with Crippen LogP contribution in [0.25, 0.3) is 0 Å². The molecule has 6 nitrogen and oxygen atoms in total. The second kappa shape index (κ2) is 4.75. The van der Waals surface area contributed by atoms with Crippen molar-refractivity contribution in [3.8, 4) is 0 Å². The lowest BCUT2D eigenvalue weighted by atomic mass is 10.2. The maximum atomic E-state index is 11.9. The van der Waals surface area contributed by atoms with Gasteiger partial charge >= 0.3 is 0 Å². The van der Waals surface area contributed by atoms with Gasteiger partial charge in [-0.2, -0.15) is 5.10 Å². The Morgan fingerprint density at radius 2 is 2.47 bits per heavy atom. The van der Waals surface area contributed by atoms with Gasteiger partial charge in [0.25, 0.3) is 5.91 Å². The van der Waals surface area contributed by atoms with E-state index in [9.17, 15) is 4.79 Å². The number of rotatable bonds is 3.